The molecule has 5 heteroatoms. The van der Waals surface area contributed by atoms with Crippen LogP contribution in [0.3, 0.4) is 0 Å². The van der Waals surface area contributed by atoms with E-state index in [1.165, 1.54) is 12.8 Å². The minimum Gasteiger partial charge on any atom is -0.497 e. The molecule has 1 fully saturated rings. The van der Waals surface area contributed by atoms with Crippen LogP contribution >= 0.6 is 0 Å². The molecule has 94 valence electrons. The Bertz CT molecular complexity index is 516. The molecule has 1 saturated carbocycles. The van der Waals surface area contributed by atoms with Crippen LogP contribution in [0.15, 0.2) is 30.5 Å². The highest BCUT2D eigenvalue weighted by Crippen LogP contribution is 2.20. The van der Waals surface area contributed by atoms with Gasteiger partial charge in [-0.3, -0.25) is 0 Å². The van der Waals surface area contributed by atoms with Crippen molar-refractivity contribution in [2.45, 2.75) is 25.4 Å². The van der Waals surface area contributed by atoms with Crippen molar-refractivity contribution in [1.29, 1.82) is 0 Å². The van der Waals surface area contributed by atoms with Gasteiger partial charge in [0, 0.05) is 12.6 Å². The molecule has 18 heavy (non-hydrogen) atoms. The Morgan fingerprint density at radius 3 is 2.78 bits per heavy atom. The number of ether oxygens (including phenoxy) is 1. The van der Waals surface area contributed by atoms with Gasteiger partial charge in [-0.2, -0.15) is 0 Å². The van der Waals surface area contributed by atoms with E-state index in [4.69, 9.17) is 4.74 Å². The van der Waals surface area contributed by atoms with Crippen LogP contribution in [0.1, 0.15) is 18.5 Å². The lowest BCUT2D eigenvalue weighted by Crippen LogP contribution is -2.18. The van der Waals surface area contributed by atoms with Gasteiger partial charge in [0.1, 0.15) is 5.75 Å². The Balaban J connectivity index is 1.78. The summed E-state index contributed by atoms with van der Waals surface area (Å²) in [5, 5.41) is 11.6. The number of nitrogens with one attached hydrogen (secondary N) is 1. The summed E-state index contributed by atoms with van der Waals surface area (Å²) < 4.78 is 7.00. The van der Waals surface area contributed by atoms with Crippen molar-refractivity contribution in [3.8, 4) is 11.4 Å². The van der Waals surface area contributed by atoms with Crippen LogP contribution in [-0.2, 0) is 6.54 Å². The molecular formula is C13H16N4O. The van der Waals surface area contributed by atoms with Gasteiger partial charge in [-0.1, -0.05) is 5.21 Å². The van der Waals surface area contributed by atoms with Gasteiger partial charge >= 0.3 is 0 Å². The van der Waals surface area contributed by atoms with E-state index in [1.807, 2.05) is 28.9 Å². The zero-order valence-electron chi connectivity index (χ0n) is 10.3. The summed E-state index contributed by atoms with van der Waals surface area (Å²) in [6, 6.07) is 8.50. The van der Waals surface area contributed by atoms with Crippen LogP contribution in [0.2, 0.25) is 0 Å². The number of rotatable bonds is 5. The van der Waals surface area contributed by atoms with Crippen LogP contribution < -0.4 is 10.1 Å². The number of methoxy groups -OCH3 is 1. The van der Waals surface area contributed by atoms with E-state index in [1.54, 1.807) is 13.3 Å². The van der Waals surface area contributed by atoms with Crippen molar-refractivity contribution in [2.75, 3.05) is 7.11 Å². The lowest BCUT2D eigenvalue weighted by atomic mass is 10.3. The first-order valence-corrected chi connectivity index (χ1v) is 6.14. The van der Waals surface area contributed by atoms with Crippen molar-refractivity contribution in [2.24, 2.45) is 0 Å². The molecule has 0 bridgehead atoms. The molecule has 0 unspecified atom stereocenters. The monoisotopic (exact) mass is 244 g/mol. The second-order valence-corrected chi connectivity index (χ2v) is 4.49. The van der Waals surface area contributed by atoms with Gasteiger partial charge in [0.25, 0.3) is 0 Å². The third kappa shape index (κ3) is 2.36. The van der Waals surface area contributed by atoms with Crippen molar-refractivity contribution in [3.05, 3.63) is 36.2 Å². The summed E-state index contributed by atoms with van der Waals surface area (Å²) in [6.45, 7) is 0.809. The normalized spacial score (nSPS) is 14.7. The highest BCUT2D eigenvalue weighted by atomic mass is 16.5. The van der Waals surface area contributed by atoms with E-state index < -0.39 is 0 Å². The fourth-order valence-corrected chi connectivity index (χ4v) is 1.85. The smallest absolute Gasteiger partial charge is 0.119 e. The topological polar surface area (TPSA) is 52.0 Å². The third-order valence-corrected chi connectivity index (χ3v) is 3.09. The van der Waals surface area contributed by atoms with Gasteiger partial charge in [-0.15, -0.1) is 5.10 Å². The van der Waals surface area contributed by atoms with Gasteiger partial charge in [0.05, 0.1) is 24.7 Å². The second kappa shape index (κ2) is 4.78. The largest absolute Gasteiger partial charge is 0.497 e. The number of aromatic nitrogens is 3. The lowest BCUT2D eigenvalue weighted by Gasteiger charge is -2.07. The Labute approximate surface area is 106 Å². The number of hydrogen-bond acceptors (Lipinski definition) is 4. The first-order valence-electron chi connectivity index (χ1n) is 6.14. The summed E-state index contributed by atoms with van der Waals surface area (Å²) in [7, 11) is 1.66. The molecule has 0 spiro atoms. The predicted molar refractivity (Wildman–Crippen MR) is 67.8 cm³/mol. The maximum atomic E-state index is 5.15. The minimum atomic E-state index is 0.684. The average Bonchev–Trinajstić information content (AvgIpc) is 3.14. The molecule has 1 aliphatic rings. The van der Waals surface area contributed by atoms with Crippen LogP contribution in [0.5, 0.6) is 5.75 Å². The van der Waals surface area contributed by atoms with E-state index in [-0.39, 0.29) is 0 Å². The highest BCUT2D eigenvalue weighted by molar-refractivity contribution is 5.37. The molecule has 1 aromatic carbocycles. The van der Waals surface area contributed by atoms with Crippen LogP contribution in [0, 0.1) is 0 Å². The van der Waals surface area contributed by atoms with Crippen LogP contribution in [0.25, 0.3) is 5.69 Å². The highest BCUT2D eigenvalue weighted by Gasteiger charge is 2.20. The fourth-order valence-electron chi connectivity index (χ4n) is 1.85. The van der Waals surface area contributed by atoms with Gasteiger partial charge in [0.2, 0.25) is 0 Å². The first kappa shape index (κ1) is 11.2. The summed E-state index contributed by atoms with van der Waals surface area (Å²) in [5.41, 5.74) is 2.08. The maximum absolute atomic E-state index is 5.15. The molecule has 1 N–H and O–H groups in total. The summed E-state index contributed by atoms with van der Waals surface area (Å²) >= 11 is 0. The van der Waals surface area contributed by atoms with Crippen molar-refractivity contribution >= 4 is 0 Å². The molecule has 2 aromatic rings. The van der Waals surface area contributed by atoms with E-state index in [0.717, 1.165) is 23.7 Å². The summed E-state index contributed by atoms with van der Waals surface area (Å²) in [6.07, 6.45) is 4.37. The molecule has 1 aromatic heterocycles. The van der Waals surface area contributed by atoms with Crippen molar-refractivity contribution in [3.63, 3.8) is 0 Å². The van der Waals surface area contributed by atoms with E-state index >= 15 is 0 Å². The van der Waals surface area contributed by atoms with Crippen molar-refractivity contribution in [1.82, 2.24) is 20.3 Å². The van der Waals surface area contributed by atoms with Crippen LogP contribution in [-0.4, -0.2) is 28.1 Å². The van der Waals surface area contributed by atoms with Crippen LogP contribution in [0.4, 0.5) is 0 Å². The maximum Gasteiger partial charge on any atom is 0.119 e. The molecule has 1 heterocycles. The molecule has 0 saturated heterocycles. The van der Waals surface area contributed by atoms with Gasteiger partial charge in [-0.05, 0) is 37.1 Å². The predicted octanol–water partition coefficient (Wildman–Crippen LogP) is 1.53. The number of hydrogen-bond donors (Lipinski definition) is 1. The molecule has 3 rings (SSSR count). The summed E-state index contributed by atoms with van der Waals surface area (Å²) in [4.78, 5) is 0. The molecule has 0 atom stereocenters. The van der Waals surface area contributed by atoms with Gasteiger partial charge in [0.15, 0.2) is 0 Å². The molecule has 5 nitrogen and oxygen atoms in total. The zero-order valence-corrected chi connectivity index (χ0v) is 10.3. The first-order chi connectivity index (χ1) is 8.86. The van der Waals surface area contributed by atoms with E-state index in [0.29, 0.717) is 6.04 Å². The van der Waals surface area contributed by atoms with Gasteiger partial charge in [-0.25, -0.2) is 4.68 Å². The molecular weight excluding hydrogens is 228 g/mol. The lowest BCUT2D eigenvalue weighted by molar-refractivity contribution is 0.414. The Morgan fingerprint density at radius 2 is 2.11 bits per heavy atom. The second-order valence-electron chi connectivity index (χ2n) is 4.49. The Kier molecular flexibility index (Phi) is 2.98. The quantitative estimate of drug-likeness (QED) is 0.866. The third-order valence-electron chi connectivity index (χ3n) is 3.09. The zero-order chi connectivity index (χ0) is 12.4. The number of nitrogens with zero attached hydrogens (tertiary/aromatic N) is 3. The van der Waals surface area contributed by atoms with Crippen molar-refractivity contribution < 1.29 is 4.74 Å². The molecule has 0 radical (unpaired) electrons. The Morgan fingerprint density at radius 1 is 1.33 bits per heavy atom. The Hall–Kier alpha value is -1.88. The van der Waals surface area contributed by atoms with E-state index in [2.05, 4.69) is 15.6 Å². The molecule has 0 amide bonds. The SMILES string of the molecule is COc1ccc(-n2nncc2CNC2CC2)cc1. The molecule has 0 aliphatic heterocycles. The number of benzene rings is 1. The van der Waals surface area contributed by atoms with E-state index in [9.17, 15) is 0 Å². The standard InChI is InChI=1S/C13H16N4O/c1-18-13-6-4-11(5-7-13)17-12(9-15-16-17)8-14-10-2-3-10/h4-7,9-10,14H,2-3,8H2,1H3. The fraction of sp³-hybridized carbons (Fsp3) is 0.385. The molecule has 1 aliphatic carbocycles. The summed E-state index contributed by atoms with van der Waals surface area (Å²) in [5.74, 6) is 0.844. The minimum absolute atomic E-state index is 0.684. The van der Waals surface area contributed by atoms with Gasteiger partial charge < -0.3 is 10.1 Å². The average molecular weight is 244 g/mol.